The van der Waals surface area contributed by atoms with Crippen molar-refractivity contribution in [1.29, 1.82) is 0 Å². The van der Waals surface area contributed by atoms with Gasteiger partial charge in [0.25, 0.3) is 0 Å². The Hall–Kier alpha value is -8.59. The molecule has 65 heavy (non-hydrogen) atoms. The average molecular weight is 873 g/mol. The van der Waals surface area contributed by atoms with E-state index < -0.39 is 7.82 Å². The first-order valence-electron chi connectivity index (χ1n) is 20.7. The highest BCUT2D eigenvalue weighted by Gasteiger charge is 2.36. The smallest absolute Gasteiger partial charge is 0.399 e. The van der Waals surface area contributed by atoms with Crippen molar-refractivity contribution >= 4 is 41.9 Å². The molecule has 0 bridgehead atoms. The highest BCUT2D eigenvalue weighted by molar-refractivity contribution is 7.49. The van der Waals surface area contributed by atoms with Crippen molar-refractivity contribution < 1.29 is 18.1 Å². The maximum atomic E-state index is 16.0. The topological polar surface area (TPSA) is 201 Å². The van der Waals surface area contributed by atoms with Gasteiger partial charge in [-0.25, -0.2) is 0 Å². The maximum Gasteiger partial charge on any atom is 0.647 e. The minimum absolute atomic E-state index is 0.234. The molecule has 0 fully saturated rings. The minimum Gasteiger partial charge on any atom is -0.399 e. The van der Waals surface area contributed by atoms with Gasteiger partial charge in [0.05, 0.1) is 0 Å². The third-order valence-corrected chi connectivity index (χ3v) is 12.2. The van der Waals surface area contributed by atoms with E-state index in [1.165, 1.54) is 0 Å². The molecule has 11 heteroatoms. The molecule has 9 rings (SSSR count). The molecule has 12 N–H and O–H groups in total. The van der Waals surface area contributed by atoms with Crippen LogP contribution in [0.4, 0.5) is 34.1 Å². The predicted octanol–water partition coefficient (Wildman–Crippen LogP) is 12.8. The van der Waals surface area contributed by atoms with Crippen molar-refractivity contribution in [2.75, 3.05) is 34.4 Å². The summed E-state index contributed by atoms with van der Waals surface area (Å²) >= 11 is 0. The number of nitrogens with two attached hydrogens (primary N) is 6. The van der Waals surface area contributed by atoms with Crippen LogP contribution in [0.25, 0.3) is 66.8 Å². The summed E-state index contributed by atoms with van der Waals surface area (Å²) in [5, 5.41) is 0. The molecular weight excluding hydrogens is 828 g/mol. The molecule has 10 nitrogen and oxygen atoms in total. The number of nitrogen functional groups attached to an aromatic ring is 6. The van der Waals surface area contributed by atoms with Crippen molar-refractivity contribution in [2.45, 2.75) is 0 Å². The van der Waals surface area contributed by atoms with Gasteiger partial charge in [-0.15, -0.1) is 0 Å². The molecule has 0 saturated carbocycles. The lowest BCUT2D eigenvalue weighted by Crippen LogP contribution is -2.09. The fourth-order valence-corrected chi connectivity index (χ4v) is 8.79. The van der Waals surface area contributed by atoms with E-state index in [-0.39, 0.29) is 17.2 Å². The number of hydrogen-bond donors (Lipinski definition) is 6. The second-order valence-electron chi connectivity index (χ2n) is 15.6. The summed E-state index contributed by atoms with van der Waals surface area (Å²) in [6, 6.07) is 61.5. The molecule has 0 heterocycles. The lowest BCUT2D eigenvalue weighted by Gasteiger charge is -2.24. The molecule has 320 valence electrons. The van der Waals surface area contributed by atoms with Gasteiger partial charge in [-0.3, -0.25) is 0 Å². The van der Waals surface area contributed by atoms with Crippen LogP contribution >= 0.6 is 7.82 Å². The zero-order valence-electron chi connectivity index (χ0n) is 35.1. The van der Waals surface area contributed by atoms with Gasteiger partial charge in [-0.05, 0) is 159 Å². The van der Waals surface area contributed by atoms with Crippen molar-refractivity contribution in [1.82, 2.24) is 0 Å². The van der Waals surface area contributed by atoms with Crippen molar-refractivity contribution in [3.05, 3.63) is 200 Å². The minimum atomic E-state index is -4.76. The Morgan fingerprint density at radius 2 is 0.431 bits per heavy atom. The lowest BCUT2D eigenvalue weighted by atomic mass is 9.98. The molecule has 0 spiro atoms. The van der Waals surface area contributed by atoms with Crippen LogP contribution in [0.15, 0.2) is 200 Å². The van der Waals surface area contributed by atoms with E-state index in [0.717, 1.165) is 50.1 Å². The van der Waals surface area contributed by atoms with Crippen LogP contribution in [0.5, 0.6) is 17.2 Å². The van der Waals surface area contributed by atoms with Crippen molar-refractivity contribution in [3.63, 3.8) is 0 Å². The van der Waals surface area contributed by atoms with Crippen molar-refractivity contribution in [3.8, 4) is 84.0 Å². The van der Waals surface area contributed by atoms with Gasteiger partial charge < -0.3 is 48.0 Å². The summed E-state index contributed by atoms with van der Waals surface area (Å²) in [4.78, 5) is 0. The van der Waals surface area contributed by atoms with Crippen LogP contribution in [-0.2, 0) is 4.57 Å². The van der Waals surface area contributed by atoms with Crippen LogP contribution in [0.1, 0.15) is 0 Å². The molecular formula is C54H45N6O4P. The van der Waals surface area contributed by atoms with Gasteiger partial charge in [0.1, 0.15) is 17.2 Å². The quantitative estimate of drug-likeness (QED) is 0.0507. The highest BCUT2D eigenvalue weighted by atomic mass is 31.2. The summed E-state index contributed by atoms with van der Waals surface area (Å²) in [5.74, 6) is 0.701. The molecule has 0 amide bonds. The third-order valence-electron chi connectivity index (χ3n) is 11.0. The molecule has 9 aromatic carbocycles. The second-order valence-corrected chi connectivity index (χ2v) is 17.0. The highest BCUT2D eigenvalue weighted by Crippen LogP contribution is 2.55. The summed E-state index contributed by atoms with van der Waals surface area (Å²) in [5.41, 5.74) is 49.7. The number of phosphoric ester groups is 1. The zero-order chi connectivity index (χ0) is 45.1. The van der Waals surface area contributed by atoms with E-state index in [1.807, 2.05) is 146 Å². The molecule has 9 aromatic rings. The fourth-order valence-electron chi connectivity index (χ4n) is 7.48. The third kappa shape index (κ3) is 9.44. The van der Waals surface area contributed by atoms with E-state index in [2.05, 4.69) is 0 Å². The summed E-state index contributed by atoms with van der Waals surface area (Å²) < 4.78 is 36.2. The normalized spacial score (nSPS) is 11.2. The standard InChI is InChI=1S/C54H45N6O4P/c55-43-16-1-34(2-17-43)40-13-28-52(49(31-40)37-7-22-46(58)23-8-37)62-65(61,63-53-29-14-41(35-3-18-44(56)19-4-35)32-50(53)38-9-24-47(59)25-10-38)64-54-30-15-42(36-5-20-45(57)21-6-36)33-51(54)39-11-26-48(60)27-12-39/h1-33H,55-60H2. The Balaban J connectivity index is 1.22. The number of rotatable bonds is 12. The number of phosphoric acid groups is 1. The molecule has 0 aliphatic rings. The first kappa shape index (κ1) is 41.7. The summed E-state index contributed by atoms with van der Waals surface area (Å²) in [6.07, 6.45) is 0. The van der Waals surface area contributed by atoms with Crippen molar-refractivity contribution in [2.24, 2.45) is 0 Å². The van der Waals surface area contributed by atoms with Gasteiger partial charge in [-0.1, -0.05) is 91.0 Å². The van der Waals surface area contributed by atoms with E-state index in [0.29, 0.717) is 50.8 Å². The van der Waals surface area contributed by atoms with Crippen LogP contribution in [0.2, 0.25) is 0 Å². The SMILES string of the molecule is Nc1ccc(-c2ccc(OP(=O)(Oc3ccc(-c4ccc(N)cc4)cc3-c3ccc(N)cc3)Oc3ccc(-c4ccc(N)cc4)cc3-c3ccc(N)cc3)c(-c3ccc(N)cc3)c2)cc1. The van der Waals surface area contributed by atoms with Gasteiger partial charge in [0.2, 0.25) is 0 Å². The number of anilines is 6. The molecule has 0 aromatic heterocycles. The molecule has 0 aliphatic carbocycles. The fraction of sp³-hybridized carbons (Fsp3) is 0. The van der Waals surface area contributed by atoms with Gasteiger partial charge in [-0.2, -0.15) is 4.57 Å². The average Bonchev–Trinajstić information content (AvgIpc) is 3.31. The predicted molar refractivity (Wildman–Crippen MR) is 268 cm³/mol. The van der Waals surface area contributed by atoms with Gasteiger partial charge in [0.15, 0.2) is 0 Å². The Morgan fingerprint density at radius 3 is 0.646 bits per heavy atom. The molecule has 0 atom stereocenters. The molecule has 0 unspecified atom stereocenters. The first-order chi connectivity index (χ1) is 31.4. The molecule has 0 radical (unpaired) electrons. The number of hydrogen-bond acceptors (Lipinski definition) is 10. The Morgan fingerprint density at radius 1 is 0.246 bits per heavy atom. The van der Waals surface area contributed by atoms with E-state index in [9.17, 15) is 0 Å². The monoisotopic (exact) mass is 872 g/mol. The van der Waals surface area contributed by atoms with E-state index >= 15 is 4.57 Å². The number of benzene rings is 9. The Labute approximate surface area is 377 Å². The van der Waals surface area contributed by atoms with Crippen LogP contribution in [-0.4, -0.2) is 0 Å². The van der Waals surface area contributed by atoms with Crippen LogP contribution in [0.3, 0.4) is 0 Å². The van der Waals surface area contributed by atoms with Crippen LogP contribution < -0.4 is 48.0 Å². The van der Waals surface area contributed by atoms with Gasteiger partial charge >= 0.3 is 7.82 Å². The maximum absolute atomic E-state index is 16.0. The van der Waals surface area contributed by atoms with Gasteiger partial charge in [0, 0.05) is 50.8 Å². The first-order valence-corrected chi connectivity index (χ1v) is 22.2. The Kier molecular flexibility index (Phi) is 11.3. The second kappa shape index (κ2) is 17.6. The molecule has 0 saturated heterocycles. The van der Waals surface area contributed by atoms with E-state index in [1.54, 1.807) is 54.6 Å². The molecule has 0 aliphatic heterocycles. The van der Waals surface area contributed by atoms with Crippen LogP contribution in [0, 0.1) is 0 Å². The Bertz CT molecular complexity index is 2840. The zero-order valence-corrected chi connectivity index (χ0v) is 36.0. The van der Waals surface area contributed by atoms with E-state index in [4.69, 9.17) is 48.0 Å². The summed E-state index contributed by atoms with van der Waals surface area (Å²) in [6.45, 7) is 0. The summed E-state index contributed by atoms with van der Waals surface area (Å²) in [7, 11) is -4.76. The largest absolute Gasteiger partial charge is 0.647 e. The lowest BCUT2D eigenvalue weighted by molar-refractivity contribution is 0.299.